The van der Waals surface area contributed by atoms with Gasteiger partial charge in [0, 0.05) is 118 Å². The van der Waals surface area contributed by atoms with E-state index in [0.717, 1.165) is 78.5 Å². The van der Waals surface area contributed by atoms with Gasteiger partial charge in [-0.15, -0.1) is 0 Å². The second-order valence-corrected chi connectivity index (χ2v) is 37.4. The number of aromatic nitrogens is 9. The molecule has 0 atom stereocenters. The van der Waals surface area contributed by atoms with Crippen molar-refractivity contribution in [3.63, 3.8) is 0 Å². The highest BCUT2D eigenvalue weighted by atomic mass is 16.5. The van der Waals surface area contributed by atoms with Crippen LogP contribution in [0.1, 0.15) is 182 Å². The Bertz CT molecular complexity index is 5360. The number of fused-ring (bicyclic) bond motifs is 4. The molecule has 13 heterocycles. The van der Waals surface area contributed by atoms with E-state index < -0.39 is 0 Å². The maximum atomic E-state index is 12.5. The summed E-state index contributed by atoms with van der Waals surface area (Å²) in [5, 5.41) is 0. The first-order valence-corrected chi connectivity index (χ1v) is 46.6. The van der Waals surface area contributed by atoms with Crippen molar-refractivity contribution in [2.24, 2.45) is 11.3 Å². The first kappa shape index (κ1) is 91.0. The van der Waals surface area contributed by atoms with Crippen molar-refractivity contribution < 1.29 is 38.1 Å². The number of benzene rings is 5. The van der Waals surface area contributed by atoms with Crippen LogP contribution in [0.2, 0.25) is 0 Å². The van der Waals surface area contributed by atoms with Gasteiger partial charge in [-0.2, -0.15) is 39.9 Å². The van der Waals surface area contributed by atoms with Gasteiger partial charge in [-0.05, 0) is 184 Å². The predicted molar refractivity (Wildman–Crippen MR) is 505 cm³/mol. The number of carbonyl (C=O) groups is 4. The van der Waals surface area contributed by atoms with Gasteiger partial charge in [0.25, 0.3) is 0 Å². The van der Waals surface area contributed by atoms with E-state index in [1.807, 2.05) is 62.1 Å². The van der Waals surface area contributed by atoms with Crippen LogP contribution < -0.4 is 61.5 Å². The molecule has 5 fully saturated rings. The Hall–Kier alpha value is -12.3. The van der Waals surface area contributed by atoms with Gasteiger partial charge < -0.3 is 61.5 Å². The van der Waals surface area contributed by atoms with Crippen LogP contribution in [0.5, 0.6) is 24.0 Å². The molecule has 29 heteroatoms. The largest absolute Gasteiger partial charge is 0.463 e. The summed E-state index contributed by atoms with van der Waals surface area (Å²) in [4.78, 5) is 108. The molecular weight excluding hydrogens is 1640 g/mol. The number of carbonyl (C=O) groups excluding carboxylic acids is 4. The van der Waals surface area contributed by atoms with Crippen LogP contribution in [0.15, 0.2) is 152 Å². The third-order valence-electron chi connectivity index (χ3n) is 25.1. The third kappa shape index (κ3) is 25.4. The van der Waals surface area contributed by atoms with Crippen molar-refractivity contribution in [1.29, 1.82) is 0 Å². The lowest BCUT2D eigenvalue weighted by Crippen LogP contribution is -2.37. The zero-order chi connectivity index (χ0) is 89.9. The Morgan fingerprint density at radius 1 is 0.323 bits per heavy atom. The molecule has 0 unspecified atom stereocenters. The number of nitrogens with two attached hydrogens (primary N) is 4. The number of anilines is 8. The topological polar surface area (TPSA) is 351 Å². The maximum Gasteiger partial charge on any atom is 0.320 e. The molecule has 10 aromatic rings. The number of hydrogen-bond donors (Lipinski definition) is 4. The van der Waals surface area contributed by atoms with Crippen LogP contribution in [-0.4, -0.2) is 179 Å². The van der Waals surface area contributed by atoms with Gasteiger partial charge in [-0.25, -0.2) is 0 Å². The minimum absolute atomic E-state index is 0.0144. The van der Waals surface area contributed by atoms with Crippen molar-refractivity contribution in [3.8, 4) is 24.0 Å². The molecule has 1 saturated carbocycles. The van der Waals surface area contributed by atoms with Gasteiger partial charge >= 0.3 is 24.0 Å². The van der Waals surface area contributed by atoms with Gasteiger partial charge in [0.1, 0.15) is 59.8 Å². The van der Waals surface area contributed by atoms with E-state index >= 15 is 0 Å². The lowest BCUT2D eigenvalue weighted by molar-refractivity contribution is -0.118. The molecule has 29 nitrogen and oxygen atoms in total. The summed E-state index contributed by atoms with van der Waals surface area (Å²) in [6.07, 6.45) is 21.0. The SMILES string of the molecule is CC(C)(C)COc1nc(N)c2c(n1)N(Cc1cccc(CN3CCCC3)c1)CC(=O)C2.Nc1nc(OCC2CCCCC2)nc2c1CC(=O)CN2Cc1cccc(CN2CCCC2)c1.Nc1nc(OCc2ccccc2)nc2c1CC(=O)CN2Cc1cccc(CN2CCCC2)c1.Nc1nc(OCc2cccnc2)nc2c1CC(=O)CN2Cc1cccc(CN2CCCC2)c1. The average Bonchev–Trinajstić information content (AvgIpc) is 0.895. The standard InChI is InChI=1S/C26H35N5O2.C26H29N5O2.C25H28N6O2.C24H33N5O2/c2*27-24-23-14-22(32)17-31(16-21-10-6-9-20(13-21)15-30-11-4-5-12-30)25(23)29-26(28-24)33-18-19-7-2-1-3-8-19;26-23-22-12-21(32)16-31(15-19-6-3-5-18(11-19)14-30-9-1-2-10-30)24(22)29-25(28-23)33-17-20-7-4-8-27-13-20;1-24(2,3)16-31-23-26-21(25)20-12-19(30)15-29(22(20)27-23)14-18-8-6-7-17(11-18)13-28-9-4-5-10-28/h6,9-10,13,19H,1-5,7-8,11-12,14-18H2,(H2,27,28,29);1-3,6-10,13H,4-5,11-12,14-18H2,(H2,27,28,29);3-8,11,13H,1-2,9-10,12,14-17H2,(H2,26,28,29);6-8,11H,4-5,9-10,12-16H2,1-3H3,(H2,25,26,27). The van der Waals surface area contributed by atoms with Crippen molar-refractivity contribution in [1.82, 2.24) is 64.5 Å². The molecule has 682 valence electrons. The summed E-state index contributed by atoms with van der Waals surface area (Å²) in [7, 11) is 0. The number of nitrogen functional groups attached to an aromatic ring is 4. The van der Waals surface area contributed by atoms with Crippen LogP contribution in [0.4, 0.5) is 46.5 Å². The number of likely N-dealkylation sites (tertiary alicyclic amines) is 4. The summed E-state index contributed by atoms with van der Waals surface area (Å²) in [6.45, 7) is 24.9. The van der Waals surface area contributed by atoms with Crippen LogP contribution in [-0.2, 0) is 110 Å². The van der Waals surface area contributed by atoms with Crippen molar-refractivity contribution >= 4 is 69.7 Å². The molecule has 0 amide bonds. The maximum absolute atomic E-state index is 12.5. The van der Waals surface area contributed by atoms with Gasteiger partial charge in [0.2, 0.25) is 0 Å². The second-order valence-electron chi connectivity index (χ2n) is 37.4. The minimum atomic E-state index is -0.0144. The van der Waals surface area contributed by atoms with E-state index in [0.29, 0.717) is 148 Å². The zero-order valence-corrected chi connectivity index (χ0v) is 75.7. The molecule has 0 bridgehead atoms. The van der Waals surface area contributed by atoms with Crippen molar-refractivity contribution in [2.75, 3.05) is 134 Å². The van der Waals surface area contributed by atoms with E-state index in [4.69, 9.17) is 46.9 Å². The summed E-state index contributed by atoms with van der Waals surface area (Å²) in [5.41, 5.74) is 39.5. The molecule has 4 saturated heterocycles. The van der Waals surface area contributed by atoms with Crippen LogP contribution >= 0.6 is 0 Å². The molecule has 5 aromatic carbocycles. The monoisotopic (exact) mass is 1760 g/mol. The summed E-state index contributed by atoms with van der Waals surface area (Å²) >= 11 is 0. The molecule has 0 spiro atoms. The molecule has 5 aromatic heterocycles. The van der Waals surface area contributed by atoms with Crippen molar-refractivity contribution in [3.05, 3.63) is 230 Å². The zero-order valence-electron chi connectivity index (χ0n) is 75.7. The van der Waals surface area contributed by atoms with Gasteiger partial charge in [-0.3, -0.25) is 43.8 Å². The molecule has 1 aliphatic carbocycles. The quantitative estimate of drug-likeness (QED) is 0.0371. The minimum Gasteiger partial charge on any atom is -0.463 e. The van der Waals surface area contributed by atoms with E-state index in [9.17, 15) is 19.2 Å². The molecule has 8 N–H and O–H groups in total. The fraction of sp³-hybridized carbons (Fsp3) is 0.455. The second kappa shape index (κ2) is 43.4. The molecule has 19 rings (SSSR count). The van der Waals surface area contributed by atoms with Gasteiger partial charge in [-0.1, -0.05) is 173 Å². The highest BCUT2D eigenvalue weighted by Crippen LogP contribution is 2.38. The predicted octanol–water partition coefficient (Wildman–Crippen LogP) is 13.1. The number of rotatable bonds is 27. The molecule has 130 heavy (non-hydrogen) atoms. The average molecular weight is 1760 g/mol. The first-order valence-electron chi connectivity index (χ1n) is 46.6. The Labute approximate surface area is 763 Å². The molecule has 9 aliphatic rings. The van der Waals surface area contributed by atoms with Gasteiger partial charge in [0.15, 0.2) is 23.1 Å². The van der Waals surface area contributed by atoms with E-state index in [2.05, 4.69) is 177 Å². The van der Waals surface area contributed by atoms with E-state index in [1.54, 1.807) is 12.4 Å². The van der Waals surface area contributed by atoms with Crippen LogP contribution in [0.3, 0.4) is 0 Å². The van der Waals surface area contributed by atoms with E-state index in [-0.39, 0.29) is 72.3 Å². The number of pyridine rings is 1. The third-order valence-corrected chi connectivity index (χ3v) is 25.1. The highest BCUT2D eigenvalue weighted by molar-refractivity contribution is 5.93. The van der Waals surface area contributed by atoms with Gasteiger partial charge in [0.05, 0.1) is 39.4 Å². The fourth-order valence-electron chi connectivity index (χ4n) is 18.7. The fourth-order valence-corrected chi connectivity index (χ4v) is 18.7. The van der Waals surface area contributed by atoms with Crippen LogP contribution in [0, 0.1) is 11.3 Å². The smallest absolute Gasteiger partial charge is 0.320 e. The Morgan fingerprint density at radius 2 is 0.615 bits per heavy atom. The Morgan fingerprint density at radius 3 is 0.931 bits per heavy atom. The first-order chi connectivity index (χ1) is 63.2. The van der Waals surface area contributed by atoms with Crippen LogP contribution in [0.25, 0.3) is 0 Å². The Kier molecular flexibility index (Phi) is 30.4. The summed E-state index contributed by atoms with van der Waals surface area (Å²) in [6, 6.07) is 49.1. The molecule has 8 aliphatic heterocycles. The molecular formula is C101H125N21O8. The number of ether oxygens (including phenoxy) is 4. The number of hydrogen-bond acceptors (Lipinski definition) is 29. The normalized spacial score (nSPS) is 17.3. The number of nitrogens with zero attached hydrogens (tertiary/aromatic N) is 17. The van der Waals surface area contributed by atoms with E-state index in [1.165, 1.54) is 151 Å². The number of Topliss-reactive ketones (excluding diaryl/α,β-unsaturated/α-hetero) is 4. The summed E-state index contributed by atoms with van der Waals surface area (Å²) in [5.74, 6) is 5.16. The summed E-state index contributed by atoms with van der Waals surface area (Å²) < 4.78 is 23.4. The Balaban J connectivity index is 0.000000127. The lowest BCUT2D eigenvalue weighted by Gasteiger charge is -2.30. The molecule has 0 radical (unpaired) electrons. The lowest BCUT2D eigenvalue weighted by atomic mass is 9.90. The van der Waals surface area contributed by atoms with Crippen molar-refractivity contribution in [2.45, 2.75) is 195 Å². The number of ketones is 4. The highest BCUT2D eigenvalue weighted by Gasteiger charge is 2.34.